The molecule has 5 heteroatoms. The number of nitrogens with zero attached hydrogens (tertiary/aromatic N) is 1. The van der Waals surface area contributed by atoms with Crippen molar-refractivity contribution in [2.45, 2.75) is 39.7 Å². The average Bonchev–Trinajstić information content (AvgIpc) is 2.74. The molecule has 0 radical (unpaired) electrons. The Bertz CT molecular complexity index is 600. The number of aromatic amines is 1. The minimum absolute atomic E-state index is 0.104. The van der Waals surface area contributed by atoms with E-state index in [1.54, 1.807) is 0 Å². The summed E-state index contributed by atoms with van der Waals surface area (Å²) in [4.78, 5) is 7.96. The number of benzene rings is 1. The molecule has 0 amide bonds. The Morgan fingerprint density at radius 2 is 1.90 bits per heavy atom. The van der Waals surface area contributed by atoms with Crippen LogP contribution in [-0.4, -0.2) is 29.2 Å². The first-order valence-corrected chi connectivity index (χ1v) is 7.44. The summed E-state index contributed by atoms with van der Waals surface area (Å²) in [6, 6.07) is 3.99. The van der Waals surface area contributed by atoms with E-state index in [1.165, 1.54) is 0 Å². The van der Waals surface area contributed by atoms with E-state index >= 15 is 0 Å². The van der Waals surface area contributed by atoms with Crippen molar-refractivity contribution in [1.82, 2.24) is 9.97 Å². The van der Waals surface area contributed by atoms with Crippen LogP contribution in [0.25, 0.3) is 11.0 Å². The number of H-pyrrole nitrogens is 1. The van der Waals surface area contributed by atoms with Crippen LogP contribution >= 0.6 is 0 Å². The van der Waals surface area contributed by atoms with Gasteiger partial charge in [0.2, 0.25) is 0 Å². The van der Waals surface area contributed by atoms with E-state index in [2.05, 4.69) is 30.7 Å². The summed E-state index contributed by atoms with van der Waals surface area (Å²) in [7, 11) is 0. The molecule has 21 heavy (non-hydrogen) atoms. The van der Waals surface area contributed by atoms with Gasteiger partial charge in [0.1, 0.15) is 19.0 Å². The third-order valence-electron chi connectivity index (χ3n) is 3.52. The highest BCUT2D eigenvalue weighted by atomic mass is 16.6. The minimum Gasteiger partial charge on any atom is -0.486 e. The molecule has 0 saturated carbocycles. The molecule has 2 heterocycles. The number of fused-ring (bicyclic) bond motifs is 2. The molecule has 1 aromatic heterocycles. The number of ether oxygens (including phenoxy) is 2. The number of hydrogen-bond acceptors (Lipinski definition) is 4. The van der Waals surface area contributed by atoms with Gasteiger partial charge in [-0.15, -0.1) is 0 Å². The second-order valence-electron chi connectivity index (χ2n) is 6.93. The van der Waals surface area contributed by atoms with Gasteiger partial charge in [-0.2, -0.15) is 0 Å². The molecule has 0 saturated heterocycles. The highest BCUT2D eigenvalue weighted by molar-refractivity contribution is 5.79. The maximum Gasteiger partial charge on any atom is 0.163 e. The molecule has 114 valence electrons. The molecule has 3 rings (SSSR count). The SMILES string of the molecule is CC(C)(C)CC(N)Cc1nc2cc3c(cc2[nH]1)OCCO3. The number of nitrogens with one attached hydrogen (secondary N) is 1. The summed E-state index contributed by atoms with van der Waals surface area (Å²) in [5.74, 6) is 2.47. The second kappa shape index (κ2) is 5.22. The Morgan fingerprint density at radius 1 is 1.24 bits per heavy atom. The Kier molecular flexibility index (Phi) is 3.53. The van der Waals surface area contributed by atoms with Crippen LogP contribution in [-0.2, 0) is 6.42 Å². The van der Waals surface area contributed by atoms with Crippen molar-refractivity contribution in [2.24, 2.45) is 11.1 Å². The normalized spacial score (nSPS) is 16.2. The van der Waals surface area contributed by atoms with E-state index < -0.39 is 0 Å². The van der Waals surface area contributed by atoms with Crippen molar-refractivity contribution in [3.63, 3.8) is 0 Å². The first kappa shape index (κ1) is 14.2. The topological polar surface area (TPSA) is 73.2 Å². The molecule has 0 fully saturated rings. The van der Waals surface area contributed by atoms with Crippen molar-refractivity contribution < 1.29 is 9.47 Å². The lowest BCUT2D eigenvalue weighted by Crippen LogP contribution is -2.28. The lowest BCUT2D eigenvalue weighted by atomic mass is 9.87. The highest BCUT2D eigenvalue weighted by Gasteiger charge is 2.18. The minimum atomic E-state index is 0.104. The van der Waals surface area contributed by atoms with Crippen LogP contribution in [0.15, 0.2) is 12.1 Å². The summed E-state index contributed by atoms with van der Waals surface area (Å²) in [5.41, 5.74) is 8.32. The van der Waals surface area contributed by atoms with Gasteiger partial charge in [0, 0.05) is 24.6 Å². The summed E-state index contributed by atoms with van der Waals surface area (Å²) in [6.07, 6.45) is 1.71. The second-order valence-corrected chi connectivity index (χ2v) is 6.93. The lowest BCUT2D eigenvalue weighted by molar-refractivity contribution is 0.172. The first-order chi connectivity index (χ1) is 9.90. The molecule has 1 aliphatic rings. The average molecular weight is 289 g/mol. The quantitative estimate of drug-likeness (QED) is 0.911. The molecule has 0 aliphatic carbocycles. The van der Waals surface area contributed by atoms with Crippen LogP contribution in [0.1, 0.15) is 33.0 Å². The van der Waals surface area contributed by atoms with Gasteiger partial charge in [-0.3, -0.25) is 0 Å². The predicted molar refractivity (Wildman–Crippen MR) is 82.8 cm³/mol. The Balaban J connectivity index is 1.81. The lowest BCUT2D eigenvalue weighted by Gasteiger charge is -2.22. The molecule has 1 atom stereocenters. The van der Waals surface area contributed by atoms with Gasteiger partial charge < -0.3 is 20.2 Å². The van der Waals surface area contributed by atoms with Gasteiger partial charge >= 0.3 is 0 Å². The molecular formula is C16H23N3O2. The number of hydrogen-bond donors (Lipinski definition) is 2. The van der Waals surface area contributed by atoms with Crippen LogP contribution < -0.4 is 15.2 Å². The van der Waals surface area contributed by atoms with Gasteiger partial charge in [-0.1, -0.05) is 20.8 Å². The number of imidazole rings is 1. The fourth-order valence-corrected chi connectivity index (χ4v) is 2.80. The summed E-state index contributed by atoms with van der Waals surface area (Å²) >= 11 is 0. The molecule has 0 spiro atoms. The molecule has 5 nitrogen and oxygen atoms in total. The largest absolute Gasteiger partial charge is 0.486 e. The van der Waals surface area contributed by atoms with Crippen molar-refractivity contribution in [1.29, 1.82) is 0 Å². The third kappa shape index (κ3) is 3.29. The van der Waals surface area contributed by atoms with E-state index in [9.17, 15) is 0 Å². The Labute approximate surface area is 124 Å². The standard InChI is InChI=1S/C16H23N3O2/c1-16(2,3)9-10(17)6-15-18-11-7-13-14(8-12(11)19-15)21-5-4-20-13/h7-8,10H,4-6,9,17H2,1-3H3,(H,18,19). The smallest absolute Gasteiger partial charge is 0.163 e. The van der Waals surface area contributed by atoms with Crippen LogP contribution in [0.4, 0.5) is 0 Å². The zero-order valence-corrected chi connectivity index (χ0v) is 12.9. The predicted octanol–water partition coefficient (Wildman–Crippen LogP) is 2.64. The van der Waals surface area contributed by atoms with Gasteiger partial charge in [0.25, 0.3) is 0 Å². The van der Waals surface area contributed by atoms with Crippen molar-refractivity contribution in [3.8, 4) is 11.5 Å². The van der Waals surface area contributed by atoms with Crippen molar-refractivity contribution in [2.75, 3.05) is 13.2 Å². The Morgan fingerprint density at radius 3 is 2.57 bits per heavy atom. The fourth-order valence-electron chi connectivity index (χ4n) is 2.80. The zero-order valence-electron chi connectivity index (χ0n) is 12.9. The zero-order chi connectivity index (χ0) is 15.0. The molecule has 2 aromatic rings. The highest BCUT2D eigenvalue weighted by Crippen LogP contribution is 2.33. The van der Waals surface area contributed by atoms with Gasteiger partial charge in [-0.25, -0.2) is 4.98 Å². The molecule has 3 N–H and O–H groups in total. The van der Waals surface area contributed by atoms with Crippen molar-refractivity contribution >= 4 is 11.0 Å². The van der Waals surface area contributed by atoms with Crippen LogP contribution in [0.2, 0.25) is 0 Å². The number of rotatable bonds is 3. The summed E-state index contributed by atoms with van der Waals surface area (Å²) in [5, 5.41) is 0. The maximum atomic E-state index is 6.23. The fraction of sp³-hybridized carbons (Fsp3) is 0.562. The van der Waals surface area contributed by atoms with Crippen LogP contribution in [0, 0.1) is 5.41 Å². The van der Waals surface area contributed by atoms with Crippen LogP contribution in [0.3, 0.4) is 0 Å². The summed E-state index contributed by atoms with van der Waals surface area (Å²) in [6.45, 7) is 7.79. The summed E-state index contributed by atoms with van der Waals surface area (Å²) < 4.78 is 11.2. The number of aromatic nitrogens is 2. The molecule has 0 bridgehead atoms. The van der Waals surface area contributed by atoms with Crippen LogP contribution in [0.5, 0.6) is 11.5 Å². The molecule has 1 unspecified atom stereocenters. The van der Waals surface area contributed by atoms with Gasteiger partial charge in [0.05, 0.1) is 11.0 Å². The molecular weight excluding hydrogens is 266 g/mol. The first-order valence-electron chi connectivity index (χ1n) is 7.44. The van der Waals surface area contributed by atoms with E-state index in [0.717, 1.165) is 41.2 Å². The Hall–Kier alpha value is -1.75. The number of nitrogens with two attached hydrogens (primary N) is 1. The van der Waals surface area contributed by atoms with E-state index in [-0.39, 0.29) is 11.5 Å². The maximum absolute atomic E-state index is 6.23. The van der Waals surface area contributed by atoms with E-state index in [4.69, 9.17) is 15.2 Å². The van der Waals surface area contributed by atoms with E-state index in [0.29, 0.717) is 13.2 Å². The molecule has 1 aromatic carbocycles. The van der Waals surface area contributed by atoms with E-state index in [1.807, 2.05) is 12.1 Å². The van der Waals surface area contributed by atoms with Gasteiger partial charge in [0.15, 0.2) is 11.5 Å². The monoisotopic (exact) mass is 289 g/mol. The molecule has 1 aliphatic heterocycles. The van der Waals surface area contributed by atoms with Crippen molar-refractivity contribution in [3.05, 3.63) is 18.0 Å². The van der Waals surface area contributed by atoms with Gasteiger partial charge in [-0.05, 0) is 11.8 Å². The third-order valence-corrected chi connectivity index (χ3v) is 3.52.